The van der Waals surface area contributed by atoms with Crippen LogP contribution in [0.5, 0.6) is 5.75 Å². The first-order valence-electron chi connectivity index (χ1n) is 19.4. The Morgan fingerprint density at radius 1 is 0.948 bits per heavy atom. The summed E-state index contributed by atoms with van der Waals surface area (Å²) in [7, 11) is -4.48. The maximum absolute atomic E-state index is 13.7. The summed E-state index contributed by atoms with van der Waals surface area (Å²) in [5, 5.41) is 8.42. The Balaban J connectivity index is 1.38. The van der Waals surface area contributed by atoms with Gasteiger partial charge < -0.3 is 44.5 Å². The molecule has 1 aliphatic heterocycles. The normalized spacial score (nSPS) is 14.2. The van der Waals surface area contributed by atoms with E-state index >= 15 is 0 Å². The van der Waals surface area contributed by atoms with Gasteiger partial charge in [0.15, 0.2) is 5.76 Å². The molecule has 1 fully saturated rings. The van der Waals surface area contributed by atoms with E-state index in [1.54, 1.807) is 32.9 Å². The fraction of sp³-hybridized carbons (Fsp3) is 0.475. The topological polar surface area (TPSA) is 226 Å². The smallest absolute Gasteiger partial charge is 0.363 e. The summed E-state index contributed by atoms with van der Waals surface area (Å²) in [6, 6.07) is 12.1. The number of nitrogens with one attached hydrogen (secondary N) is 3. The maximum atomic E-state index is 13.7. The number of furan rings is 1. The van der Waals surface area contributed by atoms with Gasteiger partial charge >= 0.3 is 13.6 Å². The third kappa shape index (κ3) is 13.2. The number of aryl methyl sites for hydroxylation is 1. The molecule has 2 unspecified atom stereocenters. The lowest BCUT2D eigenvalue weighted by Gasteiger charge is -2.32. The molecule has 0 bridgehead atoms. The van der Waals surface area contributed by atoms with E-state index in [-0.39, 0.29) is 36.1 Å². The summed E-state index contributed by atoms with van der Waals surface area (Å²) in [5.41, 5.74) is 2.55. The first-order valence-corrected chi connectivity index (χ1v) is 21.2. The molecule has 1 saturated heterocycles. The number of morpholine rings is 1. The summed E-state index contributed by atoms with van der Waals surface area (Å²) in [5.74, 6) is -2.96. The first-order chi connectivity index (χ1) is 27.8. The van der Waals surface area contributed by atoms with E-state index in [9.17, 15) is 28.5 Å². The third-order valence-corrected chi connectivity index (χ3v) is 10.1. The predicted molar refractivity (Wildman–Crippen MR) is 212 cm³/mol. The summed E-state index contributed by atoms with van der Waals surface area (Å²) in [4.78, 5) is 91.2. The second kappa shape index (κ2) is 22.2. The largest absolute Gasteiger partial charge is 0.493 e. The zero-order valence-electron chi connectivity index (χ0n) is 33.4. The van der Waals surface area contributed by atoms with Crippen molar-refractivity contribution in [3.05, 3.63) is 76.5 Å². The van der Waals surface area contributed by atoms with Crippen LogP contribution >= 0.6 is 7.60 Å². The van der Waals surface area contributed by atoms with Crippen LogP contribution in [-0.4, -0.2) is 102 Å². The Hall–Kier alpha value is -5.06. The van der Waals surface area contributed by atoms with Crippen molar-refractivity contribution in [1.82, 2.24) is 25.9 Å². The van der Waals surface area contributed by atoms with Gasteiger partial charge in [-0.15, -0.1) is 0 Å². The number of benzene rings is 2. The van der Waals surface area contributed by atoms with Crippen molar-refractivity contribution in [2.75, 3.05) is 45.9 Å². The molecule has 0 radical (unpaired) electrons. The molecule has 2 aromatic carbocycles. The number of hydroxylamine groups is 2. The fourth-order valence-corrected chi connectivity index (χ4v) is 6.94. The number of nitrogens with zero attached hydrogens (tertiary/aromatic N) is 2. The Kier molecular flexibility index (Phi) is 17.5. The summed E-state index contributed by atoms with van der Waals surface area (Å²) < 4.78 is 28.0. The van der Waals surface area contributed by atoms with E-state index in [0.717, 1.165) is 43.1 Å². The molecule has 0 spiro atoms. The van der Waals surface area contributed by atoms with Crippen LogP contribution in [-0.2, 0) is 30.3 Å². The Morgan fingerprint density at radius 2 is 1.69 bits per heavy atom. The molecule has 316 valence electrons. The maximum Gasteiger partial charge on any atom is 0.363 e. The molecule has 3 aromatic rings. The molecule has 18 heteroatoms. The average Bonchev–Trinajstić information content (AvgIpc) is 3.70. The minimum absolute atomic E-state index is 0.0483. The molecule has 17 nitrogen and oxygen atoms in total. The number of rotatable bonds is 22. The number of unbranched alkanes of at least 4 members (excludes halogenated alkanes) is 2. The Morgan fingerprint density at radius 3 is 2.34 bits per heavy atom. The van der Waals surface area contributed by atoms with Gasteiger partial charge in [0.1, 0.15) is 17.8 Å². The highest BCUT2D eigenvalue weighted by molar-refractivity contribution is 7.51. The minimum Gasteiger partial charge on any atom is -0.493 e. The van der Waals surface area contributed by atoms with Crippen LogP contribution in [0.4, 0.5) is 0 Å². The van der Waals surface area contributed by atoms with Crippen LogP contribution in [0.15, 0.2) is 52.9 Å². The number of ether oxygens (including phenoxy) is 2. The van der Waals surface area contributed by atoms with E-state index in [4.69, 9.17) is 28.5 Å². The molecule has 4 rings (SSSR count). The standard InChI is InChI=1S/C40H54N5O12P/c1-5-8-9-10-31(33(6-2)45(26-46)57-40(50)30-13-11-28(21-27(30)4)23-44-17-19-54-20-18-44)37(47)41-24-42-39(49)35-16-15-34(56-35)29-12-14-32(36(22-29)55-7-3)38(48)43-25-58(51,52)53/h11-16,21-22,26,31,33H,5-10,17-20,23-25H2,1-4H3,(H,41,47)(H,42,49)(H,43,48)(H2,51,52,53). The van der Waals surface area contributed by atoms with E-state index in [1.165, 1.54) is 24.3 Å². The molecule has 1 aliphatic rings. The van der Waals surface area contributed by atoms with Crippen molar-refractivity contribution in [2.24, 2.45) is 5.92 Å². The molecule has 0 aliphatic carbocycles. The van der Waals surface area contributed by atoms with Gasteiger partial charge in [-0.1, -0.05) is 51.3 Å². The van der Waals surface area contributed by atoms with Crippen LogP contribution in [0.1, 0.15) is 95.3 Å². The Bertz CT molecular complexity index is 1920. The molecule has 0 saturated carbocycles. The minimum atomic E-state index is -4.48. The molecule has 1 aromatic heterocycles. The van der Waals surface area contributed by atoms with Gasteiger partial charge in [-0.3, -0.25) is 28.6 Å². The fourth-order valence-electron chi connectivity index (χ4n) is 6.59. The van der Waals surface area contributed by atoms with Crippen molar-refractivity contribution >= 4 is 37.7 Å². The van der Waals surface area contributed by atoms with Crippen LogP contribution in [0, 0.1) is 12.8 Å². The van der Waals surface area contributed by atoms with E-state index < -0.39 is 49.5 Å². The Labute approximate surface area is 337 Å². The van der Waals surface area contributed by atoms with Gasteiger partial charge in [-0.25, -0.2) is 4.79 Å². The predicted octanol–water partition coefficient (Wildman–Crippen LogP) is 4.36. The SMILES string of the molecule is CCCCCC(C(=O)NCNC(=O)c1ccc(-c2ccc(C(=O)NCP(=O)(O)O)c(OCC)c2)o1)C(CC)N(C=O)OC(=O)c1ccc(CN2CCOCC2)cc1C. The van der Waals surface area contributed by atoms with Crippen molar-refractivity contribution in [1.29, 1.82) is 0 Å². The highest BCUT2D eigenvalue weighted by Gasteiger charge is 2.34. The quantitative estimate of drug-likeness (QED) is 0.0313. The highest BCUT2D eigenvalue weighted by Crippen LogP contribution is 2.33. The van der Waals surface area contributed by atoms with Gasteiger partial charge in [0.2, 0.25) is 12.3 Å². The number of carbonyl (C=O) groups excluding carboxylic acids is 5. The number of hydrogen-bond acceptors (Lipinski definition) is 11. The zero-order valence-corrected chi connectivity index (χ0v) is 34.3. The zero-order chi connectivity index (χ0) is 42.2. The van der Waals surface area contributed by atoms with Crippen LogP contribution < -0.4 is 20.7 Å². The van der Waals surface area contributed by atoms with Crippen molar-refractivity contribution in [3.63, 3.8) is 0 Å². The van der Waals surface area contributed by atoms with Crippen molar-refractivity contribution in [3.8, 4) is 17.1 Å². The van der Waals surface area contributed by atoms with Gasteiger partial charge in [0, 0.05) is 25.2 Å². The van der Waals surface area contributed by atoms with E-state index in [2.05, 4.69) is 20.9 Å². The number of amides is 4. The number of carbonyl (C=O) groups is 5. The molecular weight excluding hydrogens is 773 g/mol. The first kappa shape index (κ1) is 45.6. The third-order valence-electron chi connectivity index (χ3n) is 9.58. The van der Waals surface area contributed by atoms with Crippen LogP contribution in [0.2, 0.25) is 0 Å². The molecular formula is C40H54N5O12P. The van der Waals surface area contributed by atoms with Crippen LogP contribution in [0.3, 0.4) is 0 Å². The lowest BCUT2D eigenvalue weighted by molar-refractivity contribution is -0.171. The van der Waals surface area contributed by atoms with Gasteiger partial charge in [0.25, 0.3) is 11.8 Å². The van der Waals surface area contributed by atoms with Gasteiger partial charge in [0.05, 0.1) is 49.6 Å². The van der Waals surface area contributed by atoms with Crippen molar-refractivity contribution < 1.29 is 57.1 Å². The summed E-state index contributed by atoms with van der Waals surface area (Å²) in [6.45, 7) is 11.0. The average molecular weight is 828 g/mol. The second-order valence-electron chi connectivity index (χ2n) is 13.8. The second-order valence-corrected chi connectivity index (χ2v) is 15.5. The molecule has 2 heterocycles. The monoisotopic (exact) mass is 827 g/mol. The van der Waals surface area contributed by atoms with E-state index in [1.807, 2.05) is 19.1 Å². The summed E-state index contributed by atoms with van der Waals surface area (Å²) >= 11 is 0. The molecule has 5 N–H and O–H groups in total. The van der Waals surface area contributed by atoms with Crippen LogP contribution in [0.25, 0.3) is 11.3 Å². The van der Waals surface area contributed by atoms with Gasteiger partial charge in [-0.05, 0) is 68.1 Å². The lowest BCUT2D eigenvalue weighted by atomic mass is 9.90. The van der Waals surface area contributed by atoms with E-state index in [0.29, 0.717) is 55.6 Å². The highest BCUT2D eigenvalue weighted by atomic mass is 31.2. The summed E-state index contributed by atoms with van der Waals surface area (Å²) in [6.07, 6.45) is 2.70. The lowest BCUT2D eigenvalue weighted by Crippen LogP contribution is -2.49. The molecule has 4 amide bonds. The van der Waals surface area contributed by atoms with Gasteiger partial charge in [-0.2, -0.15) is 5.06 Å². The van der Waals surface area contributed by atoms with Crippen molar-refractivity contribution in [2.45, 2.75) is 72.4 Å². The molecule has 58 heavy (non-hydrogen) atoms. The number of hydrogen-bond donors (Lipinski definition) is 5. The molecule has 2 atom stereocenters.